The first-order chi connectivity index (χ1) is 9.59. The van der Waals surface area contributed by atoms with Gasteiger partial charge in [0.15, 0.2) is 0 Å². The second-order valence-electron chi connectivity index (χ2n) is 6.86. The van der Waals surface area contributed by atoms with Crippen molar-refractivity contribution in [3.63, 3.8) is 0 Å². The fourth-order valence-electron chi connectivity index (χ4n) is 4.13. The van der Waals surface area contributed by atoms with E-state index in [2.05, 4.69) is 25.1 Å². The highest BCUT2D eigenvalue weighted by atomic mass is 16.2. The van der Waals surface area contributed by atoms with Gasteiger partial charge in [-0.25, -0.2) is 0 Å². The van der Waals surface area contributed by atoms with Crippen LogP contribution in [0.3, 0.4) is 0 Å². The van der Waals surface area contributed by atoms with E-state index in [9.17, 15) is 10.1 Å². The molecular weight excluding hydrogens is 248 g/mol. The molecule has 1 amide bonds. The van der Waals surface area contributed by atoms with Crippen molar-refractivity contribution in [1.82, 2.24) is 4.90 Å². The molecule has 0 radical (unpaired) electrons. The second kappa shape index (κ2) is 3.63. The van der Waals surface area contributed by atoms with E-state index in [1.807, 2.05) is 17.0 Å². The molecule has 3 aliphatic rings. The van der Waals surface area contributed by atoms with E-state index in [1.54, 1.807) is 0 Å². The van der Waals surface area contributed by atoms with Crippen LogP contribution in [0.25, 0.3) is 0 Å². The Morgan fingerprint density at radius 1 is 1.35 bits per heavy atom. The molecule has 3 heteroatoms. The summed E-state index contributed by atoms with van der Waals surface area (Å²) >= 11 is 0. The normalized spacial score (nSPS) is 27.6. The van der Waals surface area contributed by atoms with Gasteiger partial charge in [0.1, 0.15) is 5.41 Å². The van der Waals surface area contributed by atoms with Crippen LogP contribution in [-0.4, -0.2) is 10.8 Å². The maximum Gasteiger partial charge on any atom is 0.243 e. The molecular formula is C17H18N2O. The molecule has 0 bridgehead atoms. The maximum absolute atomic E-state index is 12.9. The summed E-state index contributed by atoms with van der Waals surface area (Å²) in [5.74, 6) is 0.0567. The number of nitriles is 1. The molecule has 0 N–H and O–H groups in total. The molecule has 1 aromatic carbocycles. The van der Waals surface area contributed by atoms with Gasteiger partial charge < -0.3 is 4.90 Å². The summed E-state index contributed by atoms with van der Waals surface area (Å²) in [4.78, 5) is 14.8. The number of nitrogens with zero attached hydrogens (tertiary/aromatic N) is 2. The SMILES string of the molecule is CC1c2ccccc2CN1C(=O)C1(C#N)CC2(CC2)C1. The van der Waals surface area contributed by atoms with Crippen LogP contribution in [0.2, 0.25) is 0 Å². The van der Waals surface area contributed by atoms with Crippen LogP contribution >= 0.6 is 0 Å². The van der Waals surface area contributed by atoms with Crippen molar-refractivity contribution < 1.29 is 4.79 Å². The summed E-state index contributed by atoms with van der Waals surface area (Å²) in [5.41, 5.74) is 2.09. The Balaban J connectivity index is 1.60. The van der Waals surface area contributed by atoms with Crippen molar-refractivity contribution >= 4 is 5.91 Å². The monoisotopic (exact) mass is 266 g/mol. The van der Waals surface area contributed by atoms with Crippen LogP contribution in [0.4, 0.5) is 0 Å². The Bertz CT molecular complexity index is 631. The summed E-state index contributed by atoms with van der Waals surface area (Å²) in [5, 5.41) is 9.53. The van der Waals surface area contributed by atoms with Gasteiger partial charge in [-0.2, -0.15) is 5.26 Å². The molecule has 1 aliphatic heterocycles. The van der Waals surface area contributed by atoms with Crippen molar-refractivity contribution in [2.45, 2.75) is 45.2 Å². The number of hydrogen-bond acceptors (Lipinski definition) is 2. The van der Waals surface area contributed by atoms with Gasteiger partial charge >= 0.3 is 0 Å². The van der Waals surface area contributed by atoms with E-state index < -0.39 is 5.41 Å². The largest absolute Gasteiger partial charge is 0.330 e. The Morgan fingerprint density at radius 3 is 2.65 bits per heavy atom. The highest BCUT2D eigenvalue weighted by Crippen LogP contribution is 2.69. The summed E-state index contributed by atoms with van der Waals surface area (Å²) < 4.78 is 0. The molecule has 0 aromatic heterocycles. The Kier molecular flexibility index (Phi) is 2.17. The topological polar surface area (TPSA) is 44.1 Å². The minimum Gasteiger partial charge on any atom is -0.330 e. The zero-order valence-electron chi connectivity index (χ0n) is 11.7. The predicted octanol–water partition coefficient (Wildman–Crippen LogP) is 3.17. The second-order valence-corrected chi connectivity index (χ2v) is 6.86. The van der Waals surface area contributed by atoms with Gasteiger partial charge in [-0.15, -0.1) is 0 Å². The molecule has 0 saturated heterocycles. The number of fused-ring (bicyclic) bond motifs is 1. The summed E-state index contributed by atoms with van der Waals surface area (Å²) in [7, 11) is 0. The quantitative estimate of drug-likeness (QED) is 0.783. The molecule has 20 heavy (non-hydrogen) atoms. The molecule has 102 valence electrons. The molecule has 4 rings (SSSR count). The highest BCUT2D eigenvalue weighted by molar-refractivity contribution is 5.88. The maximum atomic E-state index is 12.9. The van der Waals surface area contributed by atoms with E-state index in [0.29, 0.717) is 12.0 Å². The van der Waals surface area contributed by atoms with Crippen LogP contribution in [-0.2, 0) is 11.3 Å². The first-order valence-electron chi connectivity index (χ1n) is 7.39. The first-order valence-corrected chi connectivity index (χ1v) is 7.39. The average molecular weight is 266 g/mol. The van der Waals surface area contributed by atoms with Gasteiger partial charge in [0.25, 0.3) is 0 Å². The lowest BCUT2D eigenvalue weighted by Crippen LogP contribution is -2.50. The molecule has 1 spiro atoms. The molecule has 1 atom stereocenters. The van der Waals surface area contributed by atoms with Crippen molar-refractivity contribution in [2.24, 2.45) is 10.8 Å². The Morgan fingerprint density at radius 2 is 2.05 bits per heavy atom. The third-order valence-corrected chi connectivity index (χ3v) is 5.51. The van der Waals surface area contributed by atoms with Gasteiger partial charge in [0.05, 0.1) is 12.1 Å². The van der Waals surface area contributed by atoms with E-state index in [1.165, 1.54) is 24.0 Å². The van der Waals surface area contributed by atoms with Crippen molar-refractivity contribution in [3.8, 4) is 6.07 Å². The van der Waals surface area contributed by atoms with Crippen LogP contribution in [0.5, 0.6) is 0 Å². The fourth-order valence-corrected chi connectivity index (χ4v) is 4.13. The minimum absolute atomic E-state index is 0.0567. The number of amides is 1. The lowest BCUT2D eigenvalue weighted by Gasteiger charge is -2.44. The van der Waals surface area contributed by atoms with Gasteiger partial charge in [-0.3, -0.25) is 4.79 Å². The lowest BCUT2D eigenvalue weighted by atomic mass is 9.59. The Hall–Kier alpha value is -1.82. The molecule has 2 fully saturated rings. The third kappa shape index (κ3) is 1.42. The lowest BCUT2D eigenvalue weighted by molar-refractivity contribution is -0.149. The smallest absolute Gasteiger partial charge is 0.243 e. The number of rotatable bonds is 1. The average Bonchev–Trinajstić information content (AvgIpc) is 3.15. The Labute approximate surface area is 119 Å². The summed E-state index contributed by atoms with van der Waals surface area (Å²) in [6.45, 7) is 2.73. The van der Waals surface area contributed by atoms with Crippen LogP contribution in [0, 0.1) is 22.2 Å². The number of benzene rings is 1. The first kappa shape index (κ1) is 12.0. The summed E-state index contributed by atoms with van der Waals surface area (Å²) in [6, 6.07) is 10.7. The van der Waals surface area contributed by atoms with E-state index in [-0.39, 0.29) is 11.9 Å². The zero-order valence-corrected chi connectivity index (χ0v) is 11.7. The van der Waals surface area contributed by atoms with Gasteiger partial charge in [-0.05, 0) is 49.1 Å². The number of carbonyl (C=O) groups excluding carboxylic acids is 1. The van der Waals surface area contributed by atoms with Crippen LogP contribution in [0.1, 0.15) is 49.8 Å². The van der Waals surface area contributed by atoms with Gasteiger partial charge in [-0.1, -0.05) is 24.3 Å². The standard InChI is InChI=1S/C17H18N2O/c1-12-14-5-3-2-4-13(14)8-19(12)15(20)17(11-18)9-16(10-17)6-7-16/h2-5,12H,6-10H2,1H3. The predicted molar refractivity (Wildman–Crippen MR) is 74.4 cm³/mol. The van der Waals surface area contributed by atoms with E-state index in [4.69, 9.17) is 0 Å². The molecule has 3 nitrogen and oxygen atoms in total. The molecule has 1 heterocycles. The number of hydrogen-bond donors (Lipinski definition) is 0. The molecule has 2 saturated carbocycles. The molecule has 1 unspecified atom stereocenters. The highest BCUT2D eigenvalue weighted by Gasteiger charge is 2.65. The van der Waals surface area contributed by atoms with E-state index >= 15 is 0 Å². The molecule has 2 aliphatic carbocycles. The van der Waals surface area contributed by atoms with Gasteiger partial charge in [0, 0.05) is 6.54 Å². The fraction of sp³-hybridized carbons (Fsp3) is 0.529. The van der Waals surface area contributed by atoms with Crippen molar-refractivity contribution in [3.05, 3.63) is 35.4 Å². The van der Waals surface area contributed by atoms with Crippen LogP contribution in [0.15, 0.2) is 24.3 Å². The van der Waals surface area contributed by atoms with Crippen LogP contribution < -0.4 is 0 Å². The third-order valence-electron chi connectivity index (χ3n) is 5.51. The number of carbonyl (C=O) groups is 1. The van der Waals surface area contributed by atoms with Crippen molar-refractivity contribution in [1.29, 1.82) is 5.26 Å². The van der Waals surface area contributed by atoms with E-state index in [0.717, 1.165) is 12.8 Å². The summed E-state index contributed by atoms with van der Waals surface area (Å²) in [6.07, 6.45) is 3.99. The van der Waals surface area contributed by atoms with Crippen molar-refractivity contribution in [2.75, 3.05) is 0 Å². The molecule has 1 aromatic rings. The minimum atomic E-state index is -0.729. The zero-order chi connectivity index (χ0) is 14.0. The van der Waals surface area contributed by atoms with Gasteiger partial charge in [0.2, 0.25) is 5.91 Å².